The van der Waals surface area contributed by atoms with E-state index in [0.29, 0.717) is 32.1 Å². The molecule has 0 saturated carbocycles. The number of esters is 4. The van der Waals surface area contributed by atoms with E-state index in [2.05, 4.69) is 180 Å². The number of allylic oxidation sites excluding steroid dienone is 28. The third-order valence-corrected chi connectivity index (χ3v) is 17.5. The molecule has 0 aromatic rings. The fraction of sp³-hybridized carbons (Fsp3) is 0.624. The fourth-order valence-electron chi connectivity index (χ4n) is 9.72. The highest BCUT2D eigenvalue weighted by molar-refractivity contribution is 7.47. The predicted octanol–water partition coefficient (Wildman–Crippen LogP) is 23.0. The Morgan fingerprint density at radius 3 is 0.885 bits per heavy atom. The van der Waals surface area contributed by atoms with E-state index in [-0.39, 0.29) is 25.7 Å². The van der Waals surface area contributed by atoms with Crippen molar-refractivity contribution >= 4 is 39.5 Å². The Morgan fingerprint density at radius 2 is 0.538 bits per heavy atom. The number of phosphoric acid groups is 2. The van der Waals surface area contributed by atoms with Gasteiger partial charge in [0.1, 0.15) is 19.3 Å². The predicted molar refractivity (Wildman–Crippen MR) is 426 cm³/mol. The van der Waals surface area contributed by atoms with Crippen molar-refractivity contribution < 1.29 is 80.2 Å². The highest BCUT2D eigenvalue weighted by atomic mass is 31.2. The Balaban J connectivity index is 5.45. The summed E-state index contributed by atoms with van der Waals surface area (Å²) in [5.74, 6) is -2.35. The first-order valence-electron chi connectivity index (χ1n) is 39.4. The topological polar surface area (TPSA) is 237 Å². The summed E-state index contributed by atoms with van der Waals surface area (Å²) in [4.78, 5) is 72.9. The molecule has 590 valence electrons. The van der Waals surface area contributed by atoms with Crippen molar-refractivity contribution in [2.75, 3.05) is 39.6 Å². The Kier molecular flexibility index (Phi) is 71.6. The molecule has 3 N–H and O–H groups in total. The molecule has 5 unspecified atom stereocenters. The molecule has 0 aliphatic carbocycles. The van der Waals surface area contributed by atoms with E-state index in [1.165, 1.54) is 25.7 Å². The highest BCUT2D eigenvalue weighted by Gasteiger charge is 2.30. The third-order valence-electron chi connectivity index (χ3n) is 15.6. The molecule has 0 fully saturated rings. The van der Waals surface area contributed by atoms with Gasteiger partial charge < -0.3 is 33.8 Å². The summed E-state index contributed by atoms with van der Waals surface area (Å²) >= 11 is 0. The molecule has 0 aromatic heterocycles. The maximum Gasteiger partial charge on any atom is 0.472 e. The highest BCUT2D eigenvalue weighted by Crippen LogP contribution is 2.45. The van der Waals surface area contributed by atoms with Crippen molar-refractivity contribution in [2.24, 2.45) is 0 Å². The number of carbonyl (C=O) groups excluding carboxylic acids is 4. The van der Waals surface area contributed by atoms with Gasteiger partial charge in [0.05, 0.1) is 26.4 Å². The number of carbonyl (C=O) groups is 4. The van der Waals surface area contributed by atoms with Crippen LogP contribution >= 0.6 is 15.6 Å². The van der Waals surface area contributed by atoms with Gasteiger partial charge in [-0.2, -0.15) is 0 Å². The van der Waals surface area contributed by atoms with Crippen molar-refractivity contribution in [1.82, 2.24) is 0 Å². The van der Waals surface area contributed by atoms with Gasteiger partial charge in [-0.15, -0.1) is 0 Å². The van der Waals surface area contributed by atoms with Crippen molar-refractivity contribution in [3.05, 3.63) is 170 Å². The first-order valence-corrected chi connectivity index (χ1v) is 42.4. The van der Waals surface area contributed by atoms with Crippen LogP contribution in [0.4, 0.5) is 0 Å². The minimum absolute atomic E-state index is 0.0270. The van der Waals surface area contributed by atoms with E-state index in [1.54, 1.807) is 0 Å². The monoisotopic (exact) mass is 1490 g/mol. The molecule has 0 bridgehead atoms. The van der Waals surface area contributed by atoms with Crippen LogP contribution in [0.25, 0.3) is 0 Å². The number of aliphatic hydroxyl groups is 1. The van der Waals surface area contributed by atoms with Crippen molar-refractivity contribution in [3.8, 4) is 0 Å². The van der Waals surface area contributed by atoms with Crippen LogP contribution in [-0.2, 0) is 65.4 Å². The minimum Gasteiger partial charge on any atom is -0.462 e. The largest absolute Gasteiger partial charge is 0.472 e. The number of rotatable bonds is 72. The van der Waals surface area contributed by atoms with Crippen LogP contribution in [0.2, 0.25) is 0 Å². The van der Waals surface area contributed by atoms with Gasteiger partial charge in [0, 0.05) is 25.7 Å². The maximum atomic E-state index is 13.1. The Morgan fingerprint density at radius 1 is 0.279 bits per heavy atom. The van der Waals surface area contributed by atoms with Gasteiger partial charge in [-0.3, -0.25) is 37.3 Å². The van der Waals surface area contributed by atoms with Crippen LogP contribution in [0.1, 0.15) is 285 Å². The van der Waals surface area contributed by atoms with Gasteiger partial charge in [-0.1, -0.05) is 268 Å². The van der Waals surface area contributed by atoms with E-state index >= 15 is 0 Å². The van der Waals surface area contributed by atoms with E-state index in [9.17, 15) is 43.2 Å². The maximum absolute atomic E-state index is 13.1. The lowest BCUT2D eigenvalue weighted by Crippen LogP contribution is -2.30. The van der Waals surface area contributed by atoms with E-state index in [1.807, 2.05) is 18.2 Å². The second-order valence-electron chi connectivity index (χ2n) is 25.5. The van der Waals surface area contributed by atoms with Gasteiger partial charge in [0.2, 0.25) is 0 Å². The number of phosphoric ester groups is 2. The van der Waals surface area contributed by atoms with Crippen LogP contribution in [0.3, 0.4) is 0 Å². The van der Waals surface area contributed by atoms with Crippen molar-refractivity contribution in [2.45, 2.75) is 303 Å². The lowest BCUT2D eigenvalue weighted by atomic mass is 10.1. The quantitative estimate of drug-likeness (QED) is 0.0169. The van der Waals surface area contributed by atoms with Crippen LogP contribution in [-0.4, -0.2) is 96.7 Å². The van der Waals surface area contributed by atoms with E-state index in [0.717, 1.165) is 173 Å². The summed E-state index contributed by atoms with van der Waals surface area (Å²) in [6.07, 6.45) is 89.3. The molecule has 19 heteroatoms. The molecule has 104 heavy (non-hydrogen) atoms. The summed E-state index contributed by atoms with van der Waals surface area (Å²) in [5, 5.41) is 10.6. The Labute approximate surface area is 629 Å². The molecule has 0 radical (unpaired) electrons. The molecule has 0 heterocycles. The van der Waals surface area contributed by atoms with E-state index in [4.69, 9.17) is 37.0 Å². The molecule has 0 aliphatic rings. The smallest absolute Gasteiger partial charge is 0.462 e. The molecule has 0 rings (SSSR count). The van der Waals surface area contributed by atoms with Crippen molar-refractivity contribution in [3.63, 3.8) is 0 Å². The Hall–Kier alpha value is -5.58. The molecule has 0 amide bonds. The van der Waals surface area contributed by atoms with Gasteiger partial charge in [-0.25, -0.2) is 9.13 Å². The zero-order chi connectivity index (χ0) is 76.0. The average molecular weight is 1490 g/mol. The molecular formula is C85H138O17P2. The minimum atomic E-state index is -5.00. The molecule has 0 aromatic carbocycles. The van der Waals surface area contributed by atoms with Gasteiger partial charge in [0.15, 0.2) is 12.2 Å². The third kappa shape index (κ3) is 74.7. The molecular weight excluding hydrogens is 1350 g/mol. The first-order chi connectivity index (χ1) is 50.7. The van der Waals surface area contributed by atoms with Crippen LogP contribution in [0.15, 0.2) is 170 Å². The zero-order valence-electron chi connectivity index (χ0n) is 64.4. The Bertz CT molecular complexity index is 2640. The number of aliphatic hydroxyl groups excluding tert-OH is 1. The second-order valence-corrected chi connectivity index (χ2v) is 28.4. The van der Waals surface area contributed by atoms with Crippen LogP contribution < -0.4 is 0 Å². The molecule has 17 nitrogen and oxygen atoms in total. The number of unbranched alkanes of at least 4 members (excludes halogenated alkanes) is 18. The molecule has 5 atom stereocenters. The summed E-state index contributed by atoms with van der Waals surface area (Å²) < 4.78 is 68.4. The van der Waals surface area contributed by atoms with Crippen LogP contribution in [0, 0.1) is 0 Å². The van der Waals surface area contributed by atoms with E-state index < -0.39 is 97.5 Å². The van der Waals surface area contributed by atoms with Gasteiger partial charge >= 0.3 is 39.5 Å². The number of hydrogen-bond donors (Lipinski definition) is 3. The second kappa shape index (κ2) is 75.6. The zero-order valence-corrected chi connectivity index (χ0v) is 66.2. The summed E-state index contributed by atoms with van der Waals surface area (Å²) in [5.41, 5.74) is 0. The van der Waals surface area contributed by atoms with Crippen LogP contribution in [0.5, 0.6) is 0 Å². The lowest BCUT2D eigenvalue weighted by molar-refractivity contribution is -0.161. The SMILES string of the molecule is CC/C=C\C/C=C\C/C=C\C/C=C\C/C=C\C/C=C\CCC(=O)OCC(COP(=O)(O)OCC(O)COP(=O)(O)OCC(COC(=O)CCCCC/C=C\C/C=C\C/C=C\C/C=C\C/C=C\CC)OC(=O)CCCCCCC/C=C\CCCCCC)OC(=O)CCCCCCC/C=C\C/C=C\CCC. The standard InChI is InChI=1S/C85H138O17P2/c1-5-9-13-17-21-25-29-33-35-37-39-41-43-47-49-53-57-61-65-69-82(87)95-75-80(101-84(89)71-67-63-59-55-51-45-31-27-23-19-15-11-7-3)77-99-103(91,92)97-73-79(86)74-98-104(93,94)100-78-81(102-85(90)72-68-64-60-56-52-46-32-28-24-20-16-12-8-4)76-96-83(88)70-66-62-58-54-50-48-44-42-40-38-36-34-30-26-22-18-14-10-6-2/h9-10,13-15,19,21-22,25-28,31-36,39-42,47-50,57,61,79-81,86H,5-8,11-12,16-18,20,23-24,29-30,37-38,43-46,51-56,58-60,62-78H2,1-4H3,(H,91,92)(H,93,94)/b13-9-,14-10-,19-15-,25-21-,26-22-,31-27-,32-28-,35-33-,36-34-,41-39-,42-40-,49-47-,50-48-,61-57-. The number of hydrogen-bond acceptors (Lipinski definition) is 15. The summed E-state index contributed by atoms with van der Waals surface area (Å²) in [7, 11) is -10.0. The summed E-state index contributed by atoms with van der Waals surface area (Å²) in [6.45, 7) is 4.39. The number of ether oxygens (including phenoxy) is 4. The van der Waals surface area contributed by atoms with Crippen molar-refractivity contribution in [1.29, 1.82) is 0 Å². The van der Waals surface area contributed by atoms with Gasteiger partial charge in [0.25, 0.3) is 0 Å². The fourth-order valence-corrected chi connectivity index (χ4v) is 11.3. The summed E-state index contributed by atoms with van der Waals surface area (Å²) in [6, 6.07) is 0. The van der Waals surface area contributed by atoms with Gasteiger partial charge in [-0.05, 0) is 161 Å². The average Bonchev–Trinajstić information content (AvgIpc) is 0.913. The molecule has 0 spiro atoms. The molecule has 0 saturated heterocycles. The lowest BCUT2D eigenvalue weighted by Gasteiger charge is -2.21. The normalized spacial score (nSPS) is 14.8. The first kappa shape index (κ1) is 98.4. The molecule has 0 aliphatic heterocycles.